The van der Waals surface area contributed by atoms with Gasteiger partial charge < -0.3 is 17.9 Å². The lowest BCUT2D eigenvalue weighted by Crippen LogP contribution is -2.10. The minimum atomic E-state index is -0.108. The van der Waals surface area contributed by atoms with Gasteiger partial charge >= 0.3 is 0 Å². The molecule has 0 atom stereocenters. The van der Waals surface area contributed by atoms with Gasteiger partial charge in [0.15, 0.2) is 0 Å². The number of benzene rings is 13. The summed E-state index contributed by atoms with van der Waals surface area (Å²) >= 11 is 0. The first-order valence-corrected chi connectivity index (χ1v) is 30.4. The molecule has 0 unspecified atom stereocenters. The molecule has 0 aliphatic carbocycles. The monoisotopic (exact) mass is 1100 g/mol. The average molecular weight is 1100 g/mol. The molecule has 0 radical (unpaired) electrons. The van der Waals surface area contributed by atoms with Crippen molar-refractivity contribution in [3.8, 4) is 33.6 Å². The largest absolute Gasteiger partial charge is 0.309 e. The summed E-state index contributed by atoms with van der Waals surface area (Å²) in [5.74, 6) is 0. The number of hydrogen-bond donors (Lipinski definition) is 0. The van der Waals surface area contributed by atoms with E-state index in [-0.39, 0.29) is 10.8 Å². The predicted molar refractivity (Wildman–Crippen MR) is 368 cm³/mol. The Morgan fingerprint density at radius 2 is 0.558 bits per heavy atom. The summed E-state index contributed by atoms with van der Waals surface area (Å²) in [7, 11) is 0. The van der Waals surface area contributed by atoms with Gasteiger partial charge in [0.25, 0.3) is 0 Å². The summed E-state index contributed by atoms with van der Waals surface area (Å²) in [5, 5.41) is 20.3. The molecule has 0 saturated carbocycles. The number of para-hydroxylation sites is 4. The zero-order chi connectivity index (χ0) is 57.2. The van der Waals surface area contributed by atoms with Crippen LogP contribution in [-0.4, -0.2) is 17.9 Å². The van der Waals surface area contributed by atoms with E-state index in [1.54, 1.807) is 0 Å². The average Bonchev–Trinajstić information content (AvgIpc) is 1.52. The fourth-order valence-corrected chi connectivity index (χ4v) is 15.6. The fraction of sp³-hybridized carbons (Fsp3) is 0.0976. The SMILES string of the molecule is CC(C)(C)c1cc2c3cc4c(cc3n3c5c(-c6ccc7c(c6)c6ccccc6n7-c6ccccc6)c6ccccc6cc5c(c1)c23)c1cc(C(C)(C)C)cc2c3cc5ccccc5c(-c5ccc6c(c5)c5ccccc5n6-c5ccccc5)c3n4c12. The molecule has 0 N–H and O–H groups in total. The maximum absolute atomic E-state index is 2.68. The van der Waals surface area contributed by atoms with E-state index in [9.17, 15) is 0 Å². The van der Waals surface area contributed by atoms with Gasteiger partial charge in [0.2, 0.25) is 0 Å². The molecular formula is C82H58N4. The summed E-state index contributed by atoms with van der Waals surface area (Å²) in [6, 6.07) is 92.3. The van der Waals surface area contributed by atoms with E-state index >= 15 is 0 Å². The van der Waals surface area contributed by atoms with Crippen molar-refractivity contribution in [1.82, 2.24) is 17.9 Å². The van der Waals surface area contributed by atoms with Crippen LogP contribution >= 0.6 is 0 Å². The number of aromatic nitrogens is 4. The maximum atomic E-state index is 2.68. The number of fused-ring (bicyclic) bond motifs is 20. The van der Waals surface area contributed by atoms with E-state index < -0.39 is 0 Å². The molecular weight excluding hydrogens is 1040 g/mol. The Balaban J connectivity index is 0.966. The van der Waals surface area contributed by atoms with Crippen LogP contribution in [0, 0.1) is 0 Å². The highest BCUT2D eigenvalue weighted by molar-refractivity contribution is 6.33. The molecule has 6 aromatic heterocycles. The molecule has 0 aliphatic heterocycles. The number of hydrogen-bond acceptors (Lipinski definition) is 0. The van der Waals surface area contributed by atoms with Crippen molar-refractivity contribution in [2.45, 2.75) is 52.4 Å². The topological polar surface area (TPSA) is 18.7 Å². The standard InChI is InChI=1S/C82H58N4/c1-81(2,3)51-41-65-61-45-74-62(46-73(61)85-77(65)67(43-51)63-37-47-21-13-15-27-55(47)75(79(63)85)49-33-35-71-59(39-49)57-29-17-19-31-69(57)83(71)53-23-9-7-10-24-53)66-42-52(82(4,5)6)44-68-64-38-48-22-14-16-28-56(48)76(80(64)86(74)78(66)68)50-34-36-72-60(40-50)58-30-18-20-32-70(58)84(72)54-25-11-8-12-26-54/h7-46H,1-6H3. The van der Waals surface area contributed by atoms with Gasteiger partial charge in [-0.05, 0) is 164 Å². The van der Waals surface area contributed by atoms with E-state index in [1.165, 1.54) is 175 Å². The molecule has 4 nitrogen and oxygen atoms in total. The third-order valence-corrected chi connectivity index (χ3v) is 19.6. The second kappa shape index (κ2) is 16.7. The van der Waals surface area contributed by atoms with Gasteiger partial charge in [-0.2, -0.15) is 0 Å². The van der Waals surface area contributed by atoms with E-state index in [1.807, 2.05) is 0 Å². The van der Waals surface area contributed by atoms with Crippen molar-refractivity contribution in [3.05, 3.63) is 254 Å². The Labute approximate surface area is 496 Å². The van der Waals surface area contributed by atoms with Crippen molar-refractivity contribution in [2.75, 3.05) is 0 Å². The molecule has 0 aliphatic rings. The summed E-state index contributed by atoms with van der Waals surface area (Å²) in [6.45, 7) is 14.2. The van der Waals surface area contributed by atoms with Crippen LogP contribution in [0.2, 0.25) is 0 Å². The highest BCUT2D eigenvalue weighted by atomic mass is 15.0. The number of nitrogens with zero attached hydrogens (tertiary/aromatic N) is 4. The minimum Gasteiger partial charge on any atom is -0.309 e. The molecule has 6 heterocycles. The van der Waals surface area contributed by atoms with Gasteiger partial charge in [0, 0.05) is 87.1 Å². The molecule has 406 valence electrons. The Bertz CT molecular complexity index is 5750. The first-order chi connectivity index (χ1) is 41.9. The summed E-state index contributed by atoms with van der Waals surface area (Å²) < 4.78 is 10.2. The third kappa shape index (κ3) is 6.32. The molecule has 0 amide bonds. The molecule has 13 aromatic carbocycles. The van der Waals surface area contributed by atoms with Gasteiger partial charge in [0.1, 0.15) is 0 Å². The van der Waals surface area contributed by atoms with Crippen molar-refractivity contribution >= 4 is 141 Å². The van der Waals surface area contributed by atoms with Crippen molar-refractivity contribution in [2.24, 2.45) is 0 Å². The Morgan fingerprint density at radius 1 is 0.233 bits per heavy atom. The molecule has 0 saturated heterocycles. The zero-order valence-corrected chi connectivity index (χ0v) is 48.9. The second-order valence-corrected chi connectivity index (χ2v) is 26.5. The lowest BCUT2D eigenvalue weighted by molar-refractivity contribution is 0.591. The smallest absolute Gasteiger partial charge is 0.0626 e. The first-order valence-electron chi connectivity index (χ1n) is 30.4. The summed E-state index contributed by atoms with van der Waals surface area (Å²) in [4.78, 5) is 0. The predicted octanol–water partition coefficient (Wildman–Crippen LogP) is 22.4. The lowest BCUT2D eigenvalue weighted by atomic mass is 9.84. The first kappa shape index (κ1) is 48.0. The van der Waals surface area contributed by atoms with Crippen LogP contribution in [0.5, 0.6) is 0 Å². The molecule has 0 bridgehead atoms. The Morgan fingerprint density at radius 3 is 0.965 bits per heavy atom. The normalized spacial score (nSPS) is 13.0. The maximum Gasteiger partial charge on any atom is 0.0626 e. The van der Waals surface area contributed by atoms with Crippen LogP contribution in [0.4, 0.5) is 0 Å². The highest BCUT2D eigenvalue weighted by Crippen LogP contribution is 2.52. The van der Waals surface area contributed by atoms with Crippen molar-refractivity contribution < 1.29 is 0 Å². The minimum absolute atomic E-state index is 0.108. The van der Waals surface area contributed by atoms with Crippen LogP contribution < -0.4 is 0 Å². The molecule has 19 aromatic rings. The van der Waals surface area contributed by atoms with Crippen LogP contribution in [0.15, 0.2) is 243 Å². The Kier molecular flexibility index (Phi) is 9.31. The van der Waals surface area contributed by atoms with Crippen molar-refractivity contribution in [1.29, 1.82) is 0 Å². The van der Waals surface area contributed by atoms with E-state index in [0.29, 0.717) is 0 Å². The molecule has 86 heavy (non-hydrogen) atoms. The van der Waals surface area contributed by atoms with Gasteiger partial charge in [-0.3, -0.25) is 0 Å². The molecule has 0 fully saturated rings. The fourth-order valence-electron chi connectivity index (χ4n) is 15.6. The van der Waals surface area contributed by atoms with E-state index in [4.69, 9.17) is 0 Å². The van der Waals surface area contributed by atoms with E-state index in [2.05, 4.69) is 302 Å². The van der Waals surface area contributed by atoms with Crippen LogP contribution in [-0.2, 0) is 10.8 Å². The van der Waals surface area contributed by atoms with Crippen LogP contribution in [0.1, 0.15) is 52.7 Å². The molecule has 19 rings (SSSR count). The third-order valence-electron chi connectivity index (χ3n) is 19.6. The zero-order valence-electron chi connectivity index (χ0n) is 48.9. The lowest BCUT2D eigenvalue weighted by Gasteiger charge is -2.19. The highest BCUT2D eigenvalue weighted by Gasteiger charge is 2.30. The molecule has 4 heteroatoms. The van der Waals surface area contributed by atoms with Crippen molar-refractivity contribution in [3.63, 3.8) is 0 Å². The Hall–Kier alpha value is -10.4. The van der Waals surface area contributed by atoms with Crippen LogP contribution in [0.25, 0.3) is 175 Å². The van der Waals surface area contributed by atoms with Gasteiger partial charge in [-0.15, -0.1) is 0 Å². The molecule has 0 spiro atoms. The summed E-state index contributed by atoms with van der Waals surface area (Å²) in [5.41, 5.74) is 22.1. The van der Waals surface area contributed by atoms with E-state index in [0.717, 1.165) is 11.4 Å². The summed E-state index contributed by atoms with van der Waals surface area (Å²) in [6.07, 6.45) is 0. The van der Waals surface area contributed by atoms with Gasteiger partial charge in [0.05, 0.1) is 55.2 Å². The second-order valence-electron chi connectivity index (χ2n) is 26.5. The van der Waals surface area contributed by atoms with Crippen LogP contribution in [0.3, 0.4) is 0 Å². The number of rotatable bonds is 4. The quantitative estimate of drug-likeness (QED) is 0.167. The van der Waals surface area contributed by atoms with Gasteiger partial charge in [-0.1, -0.05) is 175 Å². The van der Waals surface area contributed by atoms with Gasteiger partial charge in [-0.25, -0.2) is 0 Å².